The number of benzene rings is 2. The summed E-state index contributed by atoms with van der Waals surface area (Å²) in [5.41, 5.74) is 2.56. The van der Waals surface area contributed by atoms with E-state index in [1.54, 1.807) is 14.2 Å². The minimum Gasteiger partial charge on any atom is -0.497 e. The molecule has 1 N–H and O–H groups in total. The van der Waals surface area contributed by atoms with Crippen LogP contribution in [0.3, 0.4) is 0 Å². The standard InChI is InChI=1S/C23H30FN3O4.HI/c1-5-25-23(27(2)13-17-6-7-20(28-3)12-21(17)29-4)26-9-8-16-10-19(24)11-18-14-30-15-31-22(16)18;/h6-7,10-12H,5,8-9,13-15H2,1-4H3,(H,25,26);1H. The highest BCUT2D eigenvalue weighted by Gasteiger charge is 2.17. The first-order valence-electron chi connectivity index (χ1n) is 10.3. The Morgan fingerprint density at radius 3 is 2.72 bits per heavy atom. The number of hydrogen-bond donors (Lipinski definition) is 1. The van der Waals surface area contributed by atoms with Crippen LogP contribution in [0.2, 0.25) is 0 Å². The highest BCUT2D eigenvalue weighted by atomic mass is 127. The van der Waals surface area contributed by atoms with Gasteiger partial charge in [0.1, 0.15) is 23.1 Å². The zero-order valence-electron chi connectivity index (χ0n) is 18.9. The summed E-state index contributed by atoms with van der Waals surface area (Å²) in [5.74, 6) is 2.68. The van der Waals surface area contributed by atoms with Crippen molar-refractivity contribution in [3.8, 4) is 17.2 Å². The van der Waals surface area contributed by atoms with Crippen molar-refractivity contribution in [1.82, 2.24) is 10.2 Å². The van der Waals surface area contributed by atoms with E-state index in [0.717, 1.165) is 40.7 Å². The van der Waals surface area contributed by atoms with Gasteiger partial charge in [0.25, 0.3) is 0 Å². The van der Waals surface area contributed by atoms with Gasteiger partial charge < -0.3 is 29.2 Å². The minimum atomic E-state index is -0.289. The first-order valence-corrected chi connectivity index (χ1v) is 10.3. The third-order valence-corrected chi connectivity index (χ3v) is 4.99. The van der Waals surface area contributed by atoms with Crippen molar-refractivity contribution in [2.45, 2.75) is 26.5 Å². The number of guanidine groups is 1. The second kappa shape index (κ2) is 12.7. The van der Waals surface area contributed by atoms with Crippen LogP contribution in [-0.4, -0.2) is 52.0 Å². The van der Waals surface area contributed by atoms with E-state index < -0.39 is 0 Å². The van der Waals surface area contributed by atoms with Gasteiger partial charge in [0, 0.05) is 43.9 Å². The molecule has 7 nitrogen and oxygen atoms in total. The quantitative estimate of drug-likeness (QED) is 0.300. The SMILES string of the molecule is CCNC(=NCCc1cc(F)cc2c1OCOC2)N(C)Cc1ccc(OC)cc1OC.I. The van der Waals surface area contributed by atoms with Crippen LogP contribution in [0.15, 0.2) is 35.3 Å². The molecule has 0 atom stereocenters. The van der Waals surface area contributed by atoms with Gasteiger partial charge in [-0.15, -0.1) is 24.0 Å². The molecule has 1 aliphatic rings. The molecule has 0 fully saturated rings. The summed E-state index contributed by atoms with van der Waals surface area (Å²) in [6, 6.07) is 8.73. The number of nitrogens with one attached hydrogen (secondary N) is 1. The largest absolute Gasteiger partial charge is 0.497 e. The molecule has 2 aromatic rings. The Hall–Kier alpha value is -2.27. The van der Waals surface area contributed by atoms with Gasteiger partial charge in [-0.05, 0) is 43.2 Å². The molecule has 0 spiro atoms. The molecule has 3 rings (SSSR count). The van der Waals surface area contributed by atoms with E-state index in [1.807, 2.05) is 37.1 Å². The third kappa shape index (κ3) is 6.61. The predicted molar refractivity (Wildman–Crippen MR) is 133 cm³/mol. The van der Waals surface area contributed by atoms with Crippen LogP contribution >= 0.6 is 24.0 Å². The number of hydrogen-bond acceptors (Lipinski definition) is 5. The molecule has 0 saturated heterocycles. The Kier molecular flexibility index (Phi) is 10.3. The third-order valence-electron chi connectivity index (χ3n) is 4.99. The Balaban J connectivity index is 0.00000363. The van der Waals surface area contributed by atoms with Crippen LogP contribution in [-0.2, 0) is 24.3 Å². The molecule has 0 aliphatic carbocycles. The number of ether oxygens (including phenoxy) is 4. The lowest BCUT2D eigenvalue weighted by Gasteiger charge is -2.23. The molecule has 0 bridgehead atoms. The number of nitrogens with zero attached hydrogens (tertiary/aromatic N) is 2. The molecule has 0 saturated carbocycles. The van der Waals surface area contributed by atoms with E-state index in [2.05, 4.69) is 5.32 Å². The average Bonchev–Trinajstić information content (AvgIpc) is 2.78. The number of rotatable bonds is 8. The van der Waals surface area contributed by atoms with Crippen molar-refractivity contribution in [2.75, 3.05) is 41.1 Å². The second-order valence-electron chi connectivity index (χ2n) is 7.18. The zero-order valence-corrected chi connectivity index (χ0v) is 21.3. The van der Waals surface area contributed by atoms with Gasteiger partial charge in [-0.25, -0.2) is 4.39 Å². The molecule has 2 aromatic carbocycles. The van der Waals surface area contributed by atoms with Gasteiger partial charge >= 0.3 is 0 Å². The molecule has 32 heavy (non-hydrogen) atoms. The van der Waals surface area contributed by atoms with Crippen molar-refractivity contribution in [2.24, 2.45) is 4.99 Å². The van der Waals surface area contributed by atoms with E-state index in [1.165, 1.54) is 12.1 Å². The lowest BCUT2D eigenvalue weighted by molar-refractivity contribution is -0.0172. The Bertz CT molecular complexity index is 926. The Morgan fingerprint density at radius 2 is 2.00 bits per heavy atom. The molecule has 1 aliphatic heterocycles. The monoisotopic (exact) mass is 559 g/mol. The van der Waals surface area contributed by atoms with Crippen LogP contribution < -0.4 is 19.5 Å². The maximum Gasteiger partial charge on any atom is 0.193 e. The maximum absolute atomic E-state index is 14.0. The van der Waals surface area contributed by atoms with Crippen molar-refractivity contribution in [3.63, 3.8) is 0 Å². The number of halogens is 2. The predicted octanol–water partition coefficient (Wildman–Crippen LogP) is 3.97. The molecule has 0 amide bonds. The lowest BCUT2D eigenvalue weighted by atomic mass is 10.1. The van der Waals surface area contributed by atoms with Crippen molar-refractivity contribution in [1.29, 1.82) is 0 Å². The highest BCUT2D eigenvalue weighted by molar-refractivity contribution is 14.0. The van der Waals surface area contributed by atoms with Gasteiger partial charge in [-0.3, -0.25) is 4.99 Å². The summed E-state index contributed by atoms with van der Waals surface area (Å²) in [6.45, 7) is 4.40. The van der Waals surface area contributed by atoms with E-state index >= 15 is 0 Å². The van der Waals surface area contributed by atoms with Gasteiger partial charge in [-0.2, -0.15) is 0 Å². The summed E-state index contributed by atoms with van der Waals surface area (Å²) in [4.78, 5) is 6.76. The smallest absolute Gasteiger partial charge is 0.193 e. The van der Waals surface area contributed by atoms with Crippen molar-refractivity contribution in [3.05, 3.63) is 52.8 Å². The van der Waals surface area contributed by atoms with Crippen LogP contribution in [0.1, 0.15) is 23.6 Å². The summed E-state index contributed by atoms with van der Waals surface area (Å²) in [5, 5.41) is 3.31. The normalized spacial score (nSPS) is 12.8. The fourth-order valence-electron chi connectivity index (χ4n) is 3.51. The van der Waals surface area contributed by atoms with Gasteiger partial charge in [-0.1, -0.05) is 0 Å². The number of aliphatic imine (C=N–C) groups is 1. The molecule has 1 heterocycles. The Labute approximate surface area is 205 Å². The summed E-state index contributed by atoms with van der Waals surface area (Å²) < 4.78 is 35.6. The van der Waals surface area contributed by atoms with Crippen molar-refractivity contribution < 1.29 is 23.3 Å². The van der Waals surface area contributed by atoms with Crippen LogP contribution in [0.4, 0.5) is 4.39 Å². The topological polar surface area (TPSA) is 64.6 Å². The molecule has 0 radical (unpaired) electrons. The van der Waals surface area contributed by atoms with E-state index in [0.29, 0.717) is 31.9 Å². The fraction of sp³-hybridized carbons (Fsp3) is 0.435. The van der Waals surface area contributed by atoms with E-state index in [4.69, 9.17) is 23.9 Å². The maximum atomic E-state index is 14.0. The average molecular weight is 559 g/mol. The lowest BCUT2D eigenvalue weighted by Crippen LogP contribution is -2.38. The molecule has 9 heteroatoms. The number of fused-ring (bicyclic) bond motifs is 1. The zero-order chi connectivity index (χ0) is 22.2. The minimum absolute atomic E-state index is 0. The molecule has 0 aromatic heterocycles. The van der Waals surface area contributed by atoms with Gasteiger partial charge in [0.15, 0.2) is 12.8 Å². The van der Waals surface area contributed by atoms with Gasteiger partial charge in [0.05, 0.1) is 20.8 Å². The van der Waals surface area contributed by atoms with E-state index in [9.17, 15) is 4.39 Å². The first-order chi connectivity index (χ1) is 15.0. The molecule has 0 unspecified atom stereocenters. The van der Waals surface area contributed by atoms with Gasteiger partial charge in [0.2, 0.25) is 0 Å². The van der Waals surface area contributed by atoms with Crippen molar-refractivity contribution >= 4 is 29.9 Å². The van der Waals surface area contributed by atoms with Crippen LogP contribution in [0.5, 0.6) is 17.2 Å². The molecular weight excluding hydrogens is 528 g/mol. The second-order valence-corrected chi connectivity index (χ2v) is 7.18. The summed E-state index contributed by atoms with van der Waals surface area (Å²) in [7, 11) is 5.24. The Morgan fingerprint density at radius 1 is 1.19 bits per heavy atom. The summed E-state index contributed by atoms with van der Waals surface area (Å²) in [6.07, 6.45) is 0.564. The molecular formula is C23H31FIN3O4. The fourth-order valence-corrected chi connectivity index (χ4v) is 3.51. The molecule has 176 valence electrons. The number of methoxy groups -OCH3 is 2. The first kappa shape index (κ1) is 26.0. The highest BCUT2D eigenvalue weighted by Crippen LogP contribution is 2.30. The van der Waals surface area contributed by atoms with E-state index in [-0.39, 0.29) is 36.6 Å². The van der Waals surface area contributed by atoms with Crippen LogP contribution in [0.25, 0.3) is 0 Å². The van der Waals surface area contributed by atoms with Crippen LogP contribution in [0, 0.1) is 5.82 Å². The summed E-state index contributed by atoms with van der Waals surface area (Å²) >= 11 is 0.